The molecule has 1 aliphatic rings. The van der Waals surface area contributed by atoms with Crippen molar-refractivity contribution in [3.63, 3.8) is 0 Å². The number of carbonyl (C=O) groups is 1. The molecule has 31 heavy (non-hydrogen) atoms. The summed E-state index contributed by atoms with van der Waals surface area (Å²) in [5.74, 6) is -1.61. The Morgan fingerprint density at radius 3 is 2.45 bits per heavy atom. The second kappa shape index (κ2) is 8.60. The van der Waals surface area contributed by atoms with Gasteiger partial charge in [0.2, 0.25) is 0 Å². The fourth-order valence-electron chi connectivity index (χ4n) is 3.68. The molecular formula is C25H21F2N3O. The summed E-state index contributed by atoms with van der Waals surface area (Å²) in [7, 11) is 0. The topological polar surface area (TPSA) is 46.1 Å². The minimum atomic E-state index is -0.674. The lowest BCUT2D eigenvalue weighted by molar-refractivity contribution is 0.0763. The van der Waals surface area contributed by atoms with Gasteiger partial charge in [-0.2, -0.15) is 0 Å². The Morgan fingerprint density at radius 1 is 0.935 bits per heavy atom. The second-order valence-corrected chi connectivity index (χ2v) is 7.01. The minimum absolute atomic E-state index is 0.125. The molecule has 1 amide bonds. The van der Waals surface area contributed by atoms with E-state index >= 15 is 0 Å². The molecule has 0 fully saturated rings. The number of pyridine rings is 2. The summed E-state index contributed by atoms with van der Waals surface area (Å²) in [6.45, 7) is 4.10. The summed E-state index contributed by atoms with van der Waals surface area (Å²) in [6, 6.07) is 13.4. The van der Waals surface area contributed by atoms with Gasteiger partial charge in [0, 0.05) is 29.5 Å². The highest BCUT2D eigenvalue weighted by Crippen LogP contribution is 2.29. The zero-order chi connectivity index (χ0) is 22.0. The molecule has 3 heterocycles. The molecule has 4 aromatic rings. The van der Waals surface area contributed by atoms with Gasteiger partial charge < -0.3 is 4.90 Å². The van der Waals surface area contributed by atoms with Gasteiger partial charge in [-0.25, -0.2) is 8.78 Å². The van der Waals surface area contributed by atoms with Crippen molar-refractivity contribution in [3.8, 4) is 11.1 Å². The minimum Gasteiger partial charge on any atom is -0.328 e. The van der Waals surface area contributed by atoms with E-state index in [9.17, 15) is 13.6 Å². The molecule has 0 unspecified atom stereocenters. The van der Waals surface area contributed by atoms with Crippen LogP contribution in [0.4, 0.5) is 8.78 Å². The summed E-state index contributed by atoms with van der Waals surface area (Å²) in [5, 5.41) is 1.89. The highest BCUT2D eigenvalue weighted by atomic mass is 19.1. The summed E-state index contributed by atoms with van der Waals surface area (Å²) in [6.07, 6.45) is 5.02. The van der Waals surface area contributed by atoms with Crippen molar-refractivity contribution >= 4 is 16.7 Å². The van der Waals surface area contributed by atoms with Gasteiger partial charge in [-0.05, 0) is 52.9 Å². The van der Waals surface area contributed by atoms with Gasteiger partial charge in [0.25, 0.3) is 5.91 Å². The van der Waals surface area contributed by atoms with Crippen LogP contribution in [0.25, 0.3) is 21.9 Å². The van der Waals surface area contributed by atoms with Crippen molar-refractivity contribution in [3.05, 3.63) is 95.6 Å². The lowest BCUT2D eigenvalue weighted by atomic mass is 10.00. The quantitative estimate of drug-likeness (QED) is 0.426. The number of nitrogens with zero attached hydrogens (tertiary/aromatic N) is 3. The maximum atomic E-state index is 14.8. The standard InChI is InChI=1S/C23H15F2N3O.C2H6/c24-20-9-17(14-3-4-16-11-26-7-5-15(16)8-14)10-21(25)19(20)12-28-13-22-18(23(28)29)2-1-6-27-22;1-2/h1-11H,12-13H2;1-2H3. The molecule has 0 saturated heterocycles. The summed E-state index contributed by atoms with van der Waals surface area (Å²) >= 11 is 0. The van der Waals surface area contributed by atoms with E-state index < -0.39 is 11.6 Å². The molecule has 2 aromatic heterocycles. The van der Waals surface area contributed by atoms with Crippen molar-refractivity contribution in [2.24, 2.45) is 0 Å². The molecule has 0 spiro atoms. The number of hydrogen-bond acceptors (Lipinski definition) is 3. The highest BCUT2D eigenvalue weighted by molar-refractivity contribution is 5.97. The first-order valence-electron chi connectivity index (χ1n) is 10.2. The smallest absolute Gasteiger partial charge is 0.256 e. The average molecular weight is 417 g/mol. The van der Waals surface area contributed by atoms with E-state index in [4.69, 9.17) is 0 Å². The molecule has 0 radical (unpaired) electrons. The molecule has 1 aliphatic heterocycles. The van der Waals surface area contributed by atoms with Crippen molar-refractivity contribution in [2.75, 3.05) is 0 Å². The maximum Gasteiger partial charge on any atom is 0.256 e. The molecule has 0 N–H and O–H groups in total. The molecular weight excluding hydrogens is 396 g/mol. The number of halogens is 2. The Morgan fingerprint density at radius 2 is 1.71 bits per heavy atom. The SMILES string of the molecule is CC.O=C1c2cccnc2CN1Cc1c(F)cc(-c2ccc3cnccc3c2)cc1F. The molecule has 156 valence electrons. The van der Waals surface area contributed by atoms with Crippen LogP contribution in [0, 0.1) is 11.6 Å². The van der Waals surface area contributed by atoms with E-state index in [-0.39, 0.29) is 24.6 Å². The van der Waals surface area contributed by atoms with Crippen LogP contribution >= 0.6 is 0 Å². The fourth-order valence-corrected chi connectivity index (χ4v) is 3.68. The van der Waals surface area contributed by atoms with Gasteiger partial charge >= 0.3 is 0 Å². The second-order valence-electron chi connectivity index (χ2n) is 7.01. The van der Waals surface area contributed by atoms with Gasteiger partial charge in [0.15, 0.2) is 0 Å². The first-order valence-corrected chi connectivity index (χ1v) is 10.2. The van der Waals surface area contributed by atoms with Crippen molar-refractivity contribution < 1.29 is 13.6 Å². The van der Waals surface area contributed by atoms with E-state index in [1.54, 1.807) is 30.7 Å². The van der Waals surface area contributed by atoms with Crippen LogP contribution in [0.5, 0.6) is 0 Å². The molecule has 0 saturated carbocycles. The predicted molar refractivity (Wildman–Crippen MR) is 116 cm³/mol. The van der Waals surface area contributed by atoms with E-state index in [0.717, 1.165) is 10.8 Å². The monoisotopic (exact) mass is 417 g/mol. The first kappa shape index (κ1) is 20.6. The lowest BCUT2D eigenvalue weighted by Gasteiger charge is -2.17. The molecule has 4 nitrogen and oxygen atoms in total. The Bertz CT molecular complexity index is 1250. The molecule has 2 aromatic carbocycles. The first-order chi connectivity index (χ1) is 15.1. The number of fused-ring (bicyclic) bond motifs is 2. The third-order valence-corrected chi connectivity index (χ3v) is 5.21. The van der Waals surface area contributed by atoms with Gasteiger partial charge in [0.1, 0.15) is 11.6 Å². The number of benzene rings is 2. The normalized spacial score (nSPS) is 12.5. The third-order valence-electron chi connectivity index (χ3n) is 5.21. The molecule has 0 bridgehead atoms. The van der Waals surface area contributed by atoms with Gasteiger partial charge in [-0.3, -0.25) is 14.8 Å². The van der Waals surface area contributed by atoms with E-state index in [2.05, 4.69) is 9.97 Å². The summed E-state index contributed by atoms with van der Waals surface area (Å²) < 4.78 is 29.6. The molecule has 0 atom stereocenters. The Hall–Kier alpha value is -3.67. The number of amides is 1. The predicted octanol–water partition coefficient (Wildman–Crippen LogP) is 5.76. The van der Waals surface area contributed by atoms with Crippen molar-refractivity contribution in [1.82, 2.24) is 14.9 Å². The molecule has 0 aliphatic carbocycles. The summed E-state index contributed by atoms with van der Waals surface area (Å²) in [4.78, 5) is 22.1. The zero-order valence-corrected chi connectivity index (χ0v) is 17.3. The van der Waals surface area contributed by atoms with Crippen molar-refractivity contribution in [1.29, 1.82) is 0 Å². The number of carbonyl (C=O) groups excluding carboxylic acids is 1. The molecule has 5 rings (SSSR count). The average Bonchev–Trinajstić information content (AvgIpc) is 3.12. The van der Waals surface area contributed by atoms with Crippen LogP contribution < -0.4 is 0 Å². The van der Waals surface area contributed by atoms with Crippen LogP contribution in [0.3, 0.4) is 0 Å². The van der Waals surface area contributed by atoms with Crippen LogP contribution in [-0.4, -0.2) is 20.8 Å². The fraction of sp³-hybridized carbons (Fsp3) is 0.160. The summed E-state index contributed by atoms with van der Waals surface area (Å²) in [5.41, 5.74) is 2.14. The Kier molecular flexibility index (Phi) is 5.71. The van der Waals surface area contributed by atoms with E-state index in [0.29, 0.717) is 22.4 Å². The van der Waals surface area contributed by atoms with Crippen LogP contribution in [0.15, 0.2) is 67.1 Å². The zero-order valence-electron chi connectivity index (χ0n) is 17.3. The Balaban J connectivity index is 0.00000112. The van der Waals surface area contributed by atoms with Crippen LogP contribution in [0.1, 0.15) is 35.5 Å². The lowest BCUT2D eigenvalue weighted by Crippen LogP contribution is -2.24. The number of aromatic nitrogens is 2. The third kappa shape index (κ3) is 3.89. The number of hydrogen-bond donors (Lipinski definition) is 0. The van der Waals surface area contributed by atoms with E-state index in [1.807, 2.05) is 38.1 Å². The van der Waals surface area contributed by atoms with Gasteiger partial charge in [-0.15, -0.1) is 0 Å². The highest BCUT2D eigenvalue weighted by Gasteiger charge is 2.29. The number of rotatable bonds is 3. The van der Waals surface area contributed by atoms with E-state index in [1.165, 1.54) is 17.0 Å². The van der Waals surface area contributed by atoms with Crippen molar-refractivity contribution in [2.45, 2.75) is 26.9 Å². The maximum absolute atomic E-state index is 14.8. The van der Waals surface area contributed by atoms with Gasteiger partial charge in [0.05, 0.1) is 24.3 Å². The largest absolute Gasteiger partial charge is 0.328 e. The van der Waals surface area contributed by atoms with Crippen LogP contribution in [0.2, 0.25) is 0 Å². The molecule has 6 heteroatoms. The van der Waals surface area contributed by atoms with Gasteiger partial charge in [-0.1, -0.05) is 26.0 Å². The Labute approximate surface area is 179 Å². The van der Waals surface area contributed by atoms with Crippen LogP contribution in [-0.2, 0) is 13.1 Å².